The molecule has 0 aliphatic heterocycles. The van der Waals surface area contributed by atoms with Crippen LogP contribution < -0.4 is 0 Å². The van der Waals surface area contributed by atoms with Gasteiger partial charge in [-0.2, -0.15) is 0 Å². The maximum Gasteiger partial charge on any atom is 0.0999 e. The monoisotopic (exact) mass is 212 g/mol. The van der Waals surface area contributed by atoms with E-state index in [1.54, 1.807) is 6.26 Å². The van der Waals surface area contributed by atoms with Gasteiger partial charge in [0.1, 0.15) is 0 Å². The molecule has 2 atom stereocenters. The molecule has 2 unspecified atom stereocenters. The molecule has 0 aromatic heterocycles. The van der Waals surface area contributed by atoms with E-state index in [0.29, 0.717) is 0 Å². The van der Waals surface area contributed by atoms with E-state index >= 15 is 0 Å². The Balaban J connectivity index is 2.31. The molecule has 1 aromatic rings. The highest BCUT2D eigenvalue weighted by atomic mass is 32.0. The number of hydrogen-bond acceptors (Lipinski definition) is 1. The summed E-state index contributed by atoms with van der Waals surface area (Å²) in [6.07, 6.45) is 4.76. The summed E-state index contributed by atoms with van der Waals surface area (Å²) in [5.74, 6) is 0. The average molecular weight is 212 g/mol. The Labute approximate surface area is 83.1 Å². The van der Waals surface area contributed by atoms with E-state index in [1.165, 1.54) is 5.56 Å². The summed E-state index contributed by atoms with van der Waals surface area (Å²) < 4.78 is 5.31. The van der Waals surface area contributed by atoms with Gasteiger partial charge in [-0.05, 0) is 24.7 Å². The van der Waals surface area contributed by atoms with Gasteiger partial charge in [0.2, 0.25) is 0 Å². The lowest BCUT2D eigenvalue weighted by Gasteiger charge is -2.01. The number of rotatable bonds is 4. The topological polar surface area (TPSA) is 9.23 Å². The van der Waals surface area contributed by atoms with Crippen molar-refractivity contribution in [2.75, 3.05) is 6.66 Å². The van der Waals surface area contributed by atoms with Gasteiger partial charge in [0.05, 0.1) is 14.1 Å². The Kier molecular flexibility index (Phi) is 5.05. The van der Waals surface area contributed by atoms with Gasteiger partial charge >= 0.3 is 0 Å². The summed E-state index contributed by atoms with van der Waals surface area (Å²) in [4.78, 5) is 0. The minimum absolute atomic E-state index is 0.351. The second-order valence-corrected chi connectivity index (χ2v) is 6.20. The Morgan fingerprint density at radius 1 is 1.38 bits per heavy atom. The van der Waals surface area contributed by atoms with Crippen LogP contribution in [0, 0.1) is 0 Å². The minimum Gasteiger partial charge on any atom is -0.478 e. The van der Waals surface area contributed by atoms with Crippen LogP contribution in [0.25, 0.3) is 0 Å². The maximum atomic E-state index is 5.31. The Morgan fingerprint density at radius 3 is 2.69 bits per heavy atom. The number of hydrogen-bond donors (Lipinski definition) is 0. The van der Waals surface area contributed by atoms with Gasteiger partial charge in [0.25, 0.3) is 0 Å². The molecule has 0 heterocycles. The summed E-state index contributed by atoms with van der Waals surface area (Å²) in [5, 5.41) is 0. The van der Waals surface area contributed by atoms with Crippen molar-refractivity contribution in [3.63, 3.8) is 0 Å². The van der Waals surface area contributed by atoms with E-state index in [9.17, 15) is 0 Å². The smallest absolute Gasteiger partial charge is 0.0999 e. The fourth-order valence-electron chi connectivity index (χ4n) is 0.937. The third kappa shape index (κ3) is 5.03. The van der Waals surface area contributed by atoms with Crippen molar-refractivity contribution in [1.29, 1.82) is 0 Å². The highest BCUT2D eigenvalue weighted by Gasteiger charge is 1.87. The van der Waals surface area contributed by atoms with E-state index in [0.717, 1.165) is 6.42 Å². The first-order valence-corrected chi connectivity index (χ1v) is 7.45. The fraction of sp³-hybridized carbons (Fsp3) is 0.200. The predicted octanol–water partition coefficient (Wildman–Crippen LogP) is 3.58. The summed E-state index contributed by atoms with van der Waals surface area (Å²) in [5.41, 5.74) is 1.31. The van der Waals surface area contributed by atoms with Gasteiger partial charge in [-0.1, -0.05) is 39.3 Å². The van der Waals surface area contributed by atoms with Crippen LogP contribution in [0.15, 0.2) is 42.7 Å². The lowest BCUT2D eigenvalue weighted by atomic mass is 10.2. The van der Waals surface area contributed by atoms with Gasteiger partial charge in [-0.15, -0.1) is 0 Å². The van der Waals surface area contributed by atoms with E-state index in [1.807, 2.05) is 30.9 Å². The van der Waals surface area contributed by atoms with Crippen LogP contribution in [0.2, 0.25) is 0 Å². The molecule has 0 fully saturated rings. The summed E-state index contributed by atoms with van der Waals surface area (Å²) in [6, 6.07) is 10.3. The third-order valence-corrected chi connectivity index (χ3v) is 2.34. The Hall–Kier alpha value is -0.380. The van der Waals surface area contributed by atoms with Gasteiger partial charge in [-0.3, -0.25) is 0 Å². The molecule has 0 N–H and O–H groups in total. The number of allylic oxidation sites excluding steroid dienone is 1. The molecule has 1 rings (SSSR count). The average Bonchev–Trinajstić information content (AvgIpc) is 2.14. The first kappa shape index (κ1) is 10.7. The van der Waals surface area contributed by atoms with Crippen molar-refractivity contribution < 1.29 is 4.52 Å². The molecular weight excluding hydrogens is 198 g/mol. The quantitative estimate of drug-likeness (QED) is 0.547. The zero-order chi connectivity index (χ0) is 9.52. The van der Waals surface area contributed by atoms with Crippen LogP contribution in [0.4, 0.5) is 0 Å². The molecule has 13 heavy (non-hydrogen) atoms. The third-order valence-electron chi connectivity index (χ3n) is 1.52. The molecule has 0 amide bonds. The van der Waals surface area contributed by atoms with Crippen LogP contribution in [0.1, 0.15) is 5.56 Å². The van der Waals surface area contributed by atoms with E-state index in [4.69, 9.17) is 4.52 Å². The number of benzene rings is 1. The van der Waals surface area contributed by atoms with E-state index < -0.39 is 0 Å². The van der Waals surface area contributed by atoms with Crippen LogP contribution in [-0.2, 0) is 10.9 Å². The second kappa shape index (κ2) is 6.13. The van der Waals surface area contributed by atoms with Crippen LogP contribution >= 0.6 is 16.8 Å². The lowest BCUT2D eigenvalue weighted by molar-refractivity contribution is 0.548. The van der Waals surface area contributed by atoms with E-state index in [-0.39, 0.29) is 7.84 Å². The molecule has 0 spiro atoms. The van der Waals surface area contributed by atoms with Crippen molar-refractivity contribution in [2.45, 2.75) is 6.42 Å². The summed E-state index contributed by atoms with van der Waals surface area (Å²) in [7, 11) is 2.30. The molecule has 0 aliphatic carbocycles. The molecule has 70 valence electrons. The van der Waals surface area contributed by atoms with Gasteiger partial charge < -0.3 is 4.52 Å². The highest BCUT2D eigenvalue weighted by molar-refractivity contribution is 8.10. The SMILES string of the molecule is CP(P)O/C=C\Cc1ccccc1. The first-order chi connectivity index (χ1) is 6.29. The summed E-state index contributed by atoms with van der Waals surface area (Å²) >= 11 is 0. The molecular formula is C10H14OP2. The second-order valence-electron chi connectivity index (χ2n) is 2.71. The van der Waals surface area contributed by atoms with Crippen molar-refractivity contribution >= 4 is 16.8 Å². The van der Waals surface area contributed by atoms with Crippen LogP contribution in [0.3, 0.4) is 0 Å². The highest BCUT2D eigenvalue weighted by Crippen LogP contribution is 2.41. The van der Waals surface area contributed by atoms with Gasteiger partial charge in [0.15, 0.2) is 0 Å². The van der Waals surface area contributed by atoms with Crippen molar-refractivity contribution in [2.24, 2.45) is 0 Å². The Bertz CT molecular complexity index is 257. The zero-order valence-corrected chi connectivity index (χ0v) is 9.73. The lowest BCUT2D eigenvalue weighted by Crippen LogP contribution is -1.78. The Morgan fingerprint density at radius 2 is 2.08 bits per heavy atom. The van der Waals surface area contributed by atoms with Crippen molar-refractivity contribution in [3.05, 3.63) is 48.2 Å². The maximum absolute atomic E-state index is 5.31. The molecule has 0 saturated heterocycles. The largest absolute Gasteiger partial charge is 0.478 e. The normalized spacial score (nSPS) is 13.1. The standard InChI is InChI=1S/C10H14OP2/c1-13(12)11-9-5-8-10-6-3-2-4-7-10/h2-7,9H,8,12H2,1H3/b9-5-. The molecule has 1 nitrogen and oxygen atoms in total. The molecule has 0 bridgehead atoms. The van der Waals surface area contributed by atoms with Crippen LogP contribution in [-0.4, -0.2) is 6.66 Å². The molecule has 0 saturated carbocycles. The molecule has 0 aliphatic rings. The van der Waals surface area contributed by atoms with Gasteiger partial charge in [0, 0.05) is 0 Å². The van der Waals surface area contributed by atoms with E-state index in [2.05, 4.69) is 21.1 Å². The first-order valence-electron chi connectivity index (χ1n) is 4.13. The molecule has 3 heteroatoms. The molecule has 0 radical (unpaired) electrons. The summed E-state index contributed by atoms with van der Waals surface area (Å²) in [6.45, 7) is 2.05. The van der Waals surface area contributed by atoms with Gasteiger partial charge in [-0.25, -0.2) is 0 Å². The fourth-order valence-corrected chi connectivity index (χ4v) is 1.43. The van der Waals surface area contributed by atoms with Crippen molar-refractivity contribution in [1.82, 2.24) is 0 Å². The minimum atomic E-state index is -0.351. The van der Waals surface area contributed by atoms with Crippen LogP contribution in [0.5, 0.6) is 0 Å². The predicted molar refractivity (Wildman–Crippen MR) is 62.9 cm³/mol. The van der Waals surface area contributed by atoms with Crippen molar-refractivity contribution in [3.8, 4) is 0 Å². The molecule has 1 aromatic carbocycles. The zero-order valence-electron chi connectivity index (χ0n) is 7.68.